The van der Waals surface area contributed by atoms with E-state index in [1.54, 1.807) is 6.20 Å². The maximum Gasteiger partial charge on any atom is 0.159 e. The Morgan fingerprint density at radius 3 is 2.55 bits per heavy atom. The molecule has 1 saturated heterocycles. The summed E-state index contributed by atoms with van der Waals surface area (Å²) in [5.74, 6) is -0.333. The molecular weight excluding hydrogens is 572 g/mol. The number of aromatic nitrogens is 2. The number of nitriles is 1. The second-order valence-electron chi connectivity index (χ2n) is 12.6. The third kappa shape index (κ3) is 4.94. The molecule has 7 rings (SSSR count). The molecule has 0 bridgehead atoms. The first-order valence-corrected chi connectivity index (χ1v) is 17.3. The van der Waals surface area contributed by atoms with Crippen LogP contribution < -0.4 is 4.90 Å². The summed E-state index contributed by atoms with van der Waals surface area (Å²) in [5, 5.41) is 10.3. The molecule has 3 aliphatic carbocycles. The molecule has 1 aromatic carbocycles. The van der Waals surface area contributed by atoms with Crippen LogP contribution in [0.3, 0.4) is 0 Å². The third-order valence-electron chi connectivity index (χ3n) is 9.81. The molecule has 1 spiro atoms. The summed E-state index contributed by atoms with van der Waals surface area (Å²) < 4.78 is 38.7. The Morgan fingerprint density at radius 1 is 1.10 bits per heavy atom. The van der Waals surface area contributed by atoms with Crippen molar-refractivity contribution in [2.75, 3.05) is 23.7 Å². The number of hydrogen-bond donors (Lipinski definition) is 0. The van der Waals surface area contributed by atoms with Crippen molar-refractivity contribution in [3.63, 3.8) is 0 Å². The van der Waals surface area contributed by atoms with Gasteiger partial charge in [-0.25, -0.2) is 17.8 Å². The molecule has 0 unspecified atom stereocenters. The lowest BCUT2D eigenvalue weighted by molar-refractivity contribution is -0.125. The molecule has 4 fully saturated rings. The number of pyridine rings is 1. The van der Waals surface area contributed by atoms with Crippen LogP contribution in [0.1, 0.15) is 69.4 Å². The molecule has 3 heterocycles. The van der Waals surface area contributed by atoms with Crippen LogP contribution >= 0.6 is 11.3 Å². The maximum atomic E-state index is 14.1. The zero-order valence-electron chi connectivity index (χ0n) is 23.4. The number of carbonyl (C=O) groups excluding carboxylic acids is 1. The summed E-state index contributed by atoms with van der Waals surface area (Å²) in [4.78, 5) is 25.8. The first-order chi connectivity index (χ1) is 20.2. The number of rotatable bonds is 7. The van der Waals surface area contributed by atoms with Crippen molar-refractivity contribution in [2.24, 2.45) is 11.3 Å². The number of carbonyl (C=O) groups is 1. The number of anilines is 1. The second kappa shape index (κ2) is 10.2. The van der Waals surface area contributed by atoms with Crippen molar-refractivity contribution in [1.29, 1.82) is 5.26 Å². The Balaban J connectivity index is 1.23. The fraction of sp³-hybridized carbons (Fsp3) is 0.500. The van der Waals surface area contributed by atoms with Crippen molar-refractivity contribution in [2.45, 2.75) is 68.5 Å². The fourth-order valence-corrected chi connectivity index (χ4v) is 9.95. The highest BCUT2D eigenvalue weighted by molar-refractivity contribution is 7.93. The van der Waals surface area contributed by atoms with E-state index in [1.807, 2.05) is 12.1 Å². The van der Waals surface area contributed by atoms with Crippen LogP contribution in [0.4, 0.5) is 10.1 Å². The average molecular weight is 605 g/mol. The Labute approximate surface area is 249 Å². The first kappa shape index (κ1) is 27.7. The first-order valence-electron chi connectivity index (χ1n) is 14.8. The molecule has 10 heteroatoms. The molecule has 0 amide bonds. The quantitative estimate of drug-likeness (QED) is 0.311. The normalized spacial score (nSPS) is 25.1. The Morgan fingerprint density at radius 2 is 1.86 bits per heavy atom. The summed E-state index contributed by atoms with van der Waals surface area (Å²) in [7, 11) is -3.03. The standard InChI is InChI=1S/C32H33FN4O3S2/c33-23-15-22(17-35-18-23)30-36-28(26-4-2-1-3-25(26)27(38)16-31(19-34)9-10-31)29(41-30)21-5-7-24(8-6-21)37-13-14-42(39,40)32(20-37)11-12-32/h5-8,15,17-18,25-26H,1-4,9-14,16,20H2/t25-,26-/m1/s1. The van der Waals surface area contributed by atoms with Gasteiger partial charge in [0.2, 0.25) is 0 Å². The van der Waals surface area contributed by atoms with Gasteiger partial charge in [-0.15, -0.1) is 11.3 Å². The molecule has 2 atom stereocenters. The highest BCUT2D eigenvalue weighted by atomic mass is 32.2. The van der Waals surface area contributed by atoms with Crippen molar-refractivity contribution >= 4 is 32.6 Å². The molecule has 3 saturated carbocycles. The summed E-state index contributed by atoms with van der Waals surface area (Å²) in [6.45, 7) is 1.02. The number of thiazole rings is 1. The van der Waals surface area contributed by atoms with E-state index in [0.29, 0.717) is 30.1 Å². The van der Waals surface area contributed by atoms with Gasteiger partial charge in [-0.1, -0.05) is 25.0 Å². The Hall–Kier alpha value is -3.16. The predicted octanol–water partition coefficient (Wildman–Crippen LogP) is 6.32. The number of sulfone groups is 1. The van der Waals surface area contributed by atoms with Crippen LogP contribution in [-0.4, -0.2) is 47.8 Å². The monoisotopic (exact) mass is 604 g/mol. The van der Waals surface area contributed by atoms with E-state index in [9.17, 15) is 22.9 Å². The molecule has 1 aliphatic heterocycles. The van der Waals surface area contributed by atoms with Crippen molar-refractivity contribution in [1.82, 2.24) is 9.97 Å². The summed E-state index contributed by atoms with van der Waals surface area (Å²) in [6.07, 6.45) is 9.78. The van der Waals surface area contributed by atoms with Crippen molar-refractivity contribution in [3.05, 3.63) is 54.2 Å². The number of nitrogens with zero attached hydrogens (tertiary/aromatic N) is 4. The lowest BCUT2D eigenvalue weighted by atomic mass is 9.73. The van der Waals surface area contributed by atoms with Gasteiger partial charge < -0.3 is 4.90 Å². The fourth-order valence-electron chi connectivity index (χ4n) is 6.85. The minimum Gasteiger partial charge on any atom is -0.369 e. The lowest BCUT2D eigenvalue weighted by Gasteiger charge is -2.34. The number of ketones is 1. The van der Waals surface area contributed by atoms with Gasteiger partial charge in [-0.3, -0.25) is 9.78 Å². The number of halogens is 1. The second-order valence-corrected chi connectivity index (χ2v) is 16.1. The zero-order valence-corrected chi connectivity index (χ0v) is 25.0. The van der Waals surface area contributed by atoms with E-state index in [0.717, 1.165) is 73.2 Å². The van der Waals surface area contributed by atoms with Gasteiger partial charge in [0.05, 0.1) is 38.8 Å². The SMILES string of the molecule is N#CC1(CC(=O)[C@@H]2CCCC[C@H]2c2nc(-c3cncc(F)c3)sc2-c2ccc(N3CCS(=O)(=O)C4(CC4)C3)cc2)CC1. The average Bonchev–Trinajstić information content (AvgIpc) is 3.91. The third-order valence-corrected chi connectivity index (χ3v) is 13.6. The van der Waals surface area contributed by atoms with Crippen LogP contribution in [0.2, 0.25) is 0 Å². The molecule has 7 nitrogen and oxygen atoms in total. The molecule has 2 aromatic heterocycles. The van der Waals surface area contributed by atoms with Gasteiger partial charge in [0.25, 0.3) is 0 Å². The minimum absolute atomic E-state index is 0.0658. The lowest BCUT2D eigenvalue weighted by Crippen LogP contribution is -2.48. The van der Waals surface area contributed by atoms with E-state index in [1.165, 1.54) is 23.6 Å². The van der Waals surface area contributed by atoms with E-state index in [-0.39, 0.29) is 23.4 Å². The van der Waals surface area contributed by atoms with Crippen LogP contribution in [0.25, 0.3) is 21.0 Å². The number of hydrogen-bond acceptors (Lipinski definition) is 8. The van der Waals surface area contributed by atoms with Crippen molar-refractivity contribution < 1.29 is 17.6 Å². The molecular formula is C32H33FN4O3S2. The van der Waals surface area contributed by atoms with Gasteiger partial charge in [-0.2, -0.15) is 5.26 Å². The molecule has 218 valence electrons. The number of Topliss-reactive ketones (excluding diaryl/α,β-unsaturated/α-hetero) is 1. The van der Waals surface area contributed by atoms with E-state index < -0.39 is 25.8 Å². The smallest absolute Gasteiger partial charge is 0.159 e. The summed E-state index contributed by atoms with van der Waals surface area (Å²) in [5.41, 5.74) is 2.96. The van der Waals surface area contributed by atoms with Gasteiger partial charge in [-0.05, 0) is 62.3 Å². The highest BCUT2D eigenvalue weighted by Crippen LogP contribution is 2.52. The highest BCUT2D eigenvalue weighted by Gasteiger charge is 2.57. The summed E-state index contributed by atoms with van der Waals surface area (Å²) >= 11 is 1.49. The van der Waals surface area contributed by atoms with E-state index in [4.69, 9.17) is 4.98 Å². The zero-order chi connectivity index (χ0) is 29.1. The molecule has 3 aromatic rings. The van der Waals surface area contributed by atoms with Crippen molar-refractivity contribution in [3.8, 4) is 27.1 Å². The van der Waals surface area contributed by atoms with Crippen LogP contribution in [-0.2, 0) is 14.6 Å². The summed E-state index contributed by atoms with van der Waals surface area (Å²) in [6, 6.07) is 12.0. The topological polar surface area (TPSA) is 104 Å². The van der Waals surface area contributed by atoms with Gasteiger partial charge in [0.1, 0.15) is 16.6 Å². The maximum absolute atomic E-state index is 14.1. The van der Waals surface area contributed by atoms with Gasteiger partial charge in [0.15, 0.2) is 9.84 Å². The van der Waals surface area contributed by atoms with E-state index in [2.05, 4.69) is 28.1 Å². The molecule has 4 aliphatic rings. The largest absolute Gasteiger partial charge is 0.369 e. The predicted molar refractivity (Wildman–Crippen MR) is 160 cm³/mol. The van der Waals surface area contributed by atoms with Gasteiger partial charge >= 0.3 is 0 Å². The Bertz CT molecular complexity index is 1690. The molecule has 0 radical (unpaired) electrons. The molecule has 0 N–H and O–H groups in total. The van der Waals surface area contributed by atoms with Crippen LogP contribution in [0.5, 0.6) is 0 Å². The Kier molecular flexibility index (Phi) is 6.74. The van der Waals surface area contributed by atoms with E-state index >= 15 is 0 Å². The number of benzene rings is 1. The van der Waals surface area contributed by atoms with Crippen LogP contribution in [0.15, 0.2) is 42.7 Å². The van der Waals surface area contributed by atoms with Crippen LogP contribution in [0, 0.1) is 28.5 Å². The minimum atomic E-state index is -3.03. The van der Waals surface area contributed by atoms with Gasteiger partial charge in [0, 0.05) is 48.8 Å². The molecule has 42 heavy (non-hydrogen) atoms.